The zero-order valence-corrected chi connectivity index (χ0v) is 76.1. The smallest absolute Gasteiger partial charge is 0.550 e. The van der Waals surface area contributed by atoms with E-state index in [9.17, 15) is 82.8 Å². The molecule has 34 nitrogen and oxygen atoms in total. The molecule has 0 amide bonds. The quantitative estimate of drug-likeness (QED) is 0.0156. The largest absolute Gasteiger partial charge is 1.00 e. The van der Waals surface area contributed by atoms with Gasteiger partial charge in [0, 0.05) is 60.0 Å². The van der Waals surface area contributed by atoms with Gasteiger partial charge in [-0.25, -0.2) is 28.8 Å². The molecule has 0 radical (unpaired) electrons. The van der Waals surface area contributed by atoms with E-state index in [0.717, 1.165) is 18.2 Å². The number of nitrogens with zero attached hydrogens (tertiary/aromatic N) is 1. The molecule has 0 aromatic heterocycles. The third kappa shape index (κ3) is 129. The molecular weight excluding hydrogens is 1460 g/mol. The number of hydrogen-bond donors (Lipinski definition) is 3. The summed E-state index contributed by atoms with van der Waals surface area (Å²) in [4.78, 5) is 158. The zero-order valence-electron chi connectivity index (χ0n) is 61.9. The number of carbonyl (C=O) groups is 15. The van der Waals surface area contributed by atoms with Gasteiger partial charge in [0.15, 0.2) is 0 Å². The summed E-state index contributed by atoms with van der Waals surface area (Å²) in [6, 6.07) is 0. The molecule has 1 saturated heterocycles. The van der Waals surface area contributed by atoms with Crippen LogP contribution in [0.25, 0.3) is 0 Å². The van der Waals surface area contributed by atoms with Crippen LogP contribution in [-0.4, -0.2) is 196 Å². The van der Waals surface area contributed by atoms with Gasteiger partial charge in [-0.15, -0.1) is 5.06 Å². The predicted molar refractivity (Wildman–Crippen MR) is 325 cm³/mol. The number of hydrogen-bond acceptors (Lipinski definition) is 34. The normalized spacial score (nSPS) is 9.83. The molecule has 546 valence electrons. The minimum Gasteiger partial charge on any atom is -0.550 e. The molecule has 0 aromatic carbocycles. The van der Waals surface area contributed by atoms with E-state index in [4.69, 9.17) is 39.9 Å². The van der Waals surface area contributed by atoms with Gasteiger partial charge in [-0.3, -0.25) is 14.4 Å². The number of ether oxygens (including phenoxy) is 8. The second kappa shape index (κ2) is 95.6. The van der Waals surface area contributed by atoms with Crippen molar-refractivity contribution in [3.05, 3.63) is 123 Å². The number of cyclic esters (lactones) is 1. The minimum atomic E-state index is -1.31. The van der Waals surface area contributed by atoms with Gasteiger partial charge in [-0.1, -0.05) is 79.6 Å². The Kier molecular flexibility index (Phi) is 129. The Morgan fingerprint density at radius 1 is 0.490 bits per heavy atom. The molecule has 0 aliphatic carbocycles. The molecular formula is C62H89K2NNa4O33. The van der Waals surface area contributed by atoms with Gasteiger partial charge in [0.1, 0.15) is 58.5 Å². The van der Waals surface area contributed by atoms with E-state index in [1.165, 1.54) is 32.8 Å². The van der Waals surface area contributed by atoms with Crippen molar-refractivity contribution in [3.63, 3.8) is 0 Å². The van der Waals surface area contributed by atoms with Gasteiger partial charge in [-0.05, 0) is 84.6 Å². The molecule has 0 aromatic rings. The Morgan fingerprint density at radius 3 is 1.01 bits per heavy atom. The fourth-order valence-electron chi connectivity index (χ4n) is 2.99. The summed E-state index contributed by atoms with van der Waals surface area (Å²) >= 11 is 0. The van der Waals surface area contributed by atoms with E-state index in [1.807, 2.05) is 13.8 Å². The molecule has 0 bridgehead atoms. The second-order valence-corrected chi connectivity index (χ2v) is 17.2. The molecule has 40 heteroatoms. The van der Waals surface area contributed by atoms with Gasteiger partial charge < -0.3 is 117 Å². The van der Waals surface area contributed by atoms with E-state index >= 15 is 0 Å². The number of carbonyl (C=O) groups excluding carboxylic acids is 15. The Hall–Kier alpha value is -3.44. The fourth-order valence-corrected chi connectivity index (χ4v) is 2.99. The molecule has 0 saturated carbocycles. The third-order valence-corrected chi connectivity index (χ3v) is 7.48. The van der Waals surface area contributed by atoms with Crippen molar-refractivity contribution >= 4 is 89.5 Å². The second-order valence-electron chi connectivity index (χ2n) is 17.2. The van der Waals surface area contributed by atoms with Gasteiger partial charge in [0.05, 0.1) is 56.4 Å². The number of rotatable bonds is 29. The molecule has 0 spiro atoms. The number of hydroxylamine groups is 2. The van der Waals surface area contributed by atoms with Crippen molar-refractivity contribution in [2.45, 2.75) is 107 Å². The molecule has 3 N–H and O–H groups in total. The predicted octanol–water partition coefficient (Wildman–Crippen LogP) is -22.0. The van der Waals surface area contributed by atoms with E-state index < -0.39 is 96.4 Å². The summed E-state index contributed by atoms with van der Waals surface area (Å²) < 4.78 is 36.7. The minimum absolute atomic E-state index is 0. The van der Waals surface area contributed by atoms with Crippen LogP contribution in [-0.2, 0) is 115 Å². The first kappa shape index (κ1) is 138. The van der Waals surface area contributed by atoms with Gasteiger partial charge in [-0.2, -0.15) is 0 Å². The topological polar surface area (TPSA) is 541 Å². The van der Waals surface area contributed by atoms with Crippen LogP contribution in [0.15, 0.2) is 123 Å². The molecule has 1 aliphatic heterocycles. The Balaban J connectivity index is -0.0000000582. The summed E-state index contributed by atoms with van der Waals surface area (Å²) in [6.45, 7) is 45.6. The molecule has 1 heterocycles. The Labute approximate surface area is 768 Å². The first-order valence-electron chi connectivity index (χ1n) is 27.1. The van der Waals surface area contributed by atoms with Crippen molar-refractivity contribution in [3.8, 4) is 0 Å². The molecule has 2 atom stereocenters. The van der Waals surface area contributed by atoms with Crippen molar-refractivity contribution < 1.29 is 382 Å². The van der Waals surface area contributed by atoms with Crippen LogP contribution in [0, 0.1) is 0 Å². The van der Waals surface area contributed by atoms with E-state index in [2.05, 4.69) is 104 Å². The third-order valence-electron chi connectivity index (χ3n) is 7.48. The molecule has 1 rings (SSSR count). The summed E-state index contributed by atoms with van der Waals surface area (Å²) in [5, 5.41) is 83.8. The number of carboxylic acid groups (broad SMARTS) is 6. The fraction of sp³-hybridized carbons (Fsp3) is 0.435. The van der Waals surface area contributed by atoms with Crippen molar-refractivity contribution in [2.24, 2.45) is 0 Å². The maximum atomic E-state index is 10.9. The van der Waals surface area contributed by atoms with Gasteiger partial charge >= 0.3 is 275 Å². The average molecular weight is 1550 g/mol. The number of aliphatic carboxylic acids is 6. The molecule has 1 aliphatic rings. The summed E-state index contributed by atoms with van der Waals surface area (Å²) in [5.74, 6) is -12.2. The van der Waals surface area contributed by atoms with Crippen LogP contribution in [0.2, 0.25) is 0 Å². The van der Waals surface area contributed by atoms with Crippen LogP contribution >= 0.6 is 0 Å². The van der Waals surface area contributed by atoms with Crippen molar-refractivity contribution in [1.29, 1.82) is 0 Å². The molecule has 2 unspecified atom stereocenters. The standard InChI is InChI=1S/C10H14O6.C9H12O6.C8H10O4.C7H12O4.C6H11NO2.C6H10O3.2C4H6O2.2C3H4O2.C2H6.2K.4Na/c1-7(2)10(14)16-6-5-15-9(13)4-3-8(11)12;1-2-8(12)14-5-6-15-9(13)4-3-7(10)11;1-5(2)8(10)12-6-3-7(9)11-4-6;1-5(2)7(10)11-4-6(9)3-8;1-5(2)6(8)9-7(3)4;1-5(2)6(8)9-4-3-7;2*1-3(2)4(5)6;2*1-2-3(4)5;1-2;;;;;;/h1,3-6H2,2H3,(H,11,12);2H,1,3-6H2,(H,10,11);6H,1,3-4H2,2H3;6,8-9H,1,3-4H2,2H3;1H2,2-4H3;7H,1,3-4H2,2H3;2*1H2,2H3,(H,5,6);2*2H,1H2,(H,4,5);1-2H3;;;;;;/q;;;;;;;;;;;6*+1/p-6. The van der Waals surface area contributed by atoms with Crippen molar-refractivity contribution in [2.75, 3.05) is 73.6 Å². The zero-order chi connectivity index (χ0) is 77.8. The van der Waals surface area contributed by atoms with Crippen LogP contribution < -0.4 is 252 Å². The SMILES string of the molecule is C=C(C)C(=O)OC1COC(=O)C1.C=C(C)C(=O)OCC(O)CO.C=C(C)C(=O)OCCO.C=C(C)C(=O)OCCOC(=O)CCC(=O)[O-].C=C(C)C(=O)ON(C)C.C=C(C)C(=O)[O-].C=C(C)C(=O)[O-].C=CC(=O)OCCOC(=O)CCC(=O)[O-].C=CC(=O)[O-].C=CC(=O)[O-].CC.[K+].[K+].[Na+].[Na+].[Na+].[Na+]. The van der Waals surface area contributed by atoms with Crippen molar-refractivity contribution in [1.82, 2.24) is 5.06 Å². The monoisotopic (exact) mass is 1550 g/mol. The molecule has 102 heavy (non-hydrogen) atoms. The molecule has 1 fully saturated rings. The van der Waals surface area contributed by atoms with Crippen LogP contribution in [0.5, 0.6) is 0 Å². The Morgan fingerprint density at radius 2 is 0.784 bits per heavy atom. The van der Waals surface area contributed by atoms with Gasteiger partial charge in [0.25, 0.3) is 0 Å². The summed E-state index contributed by atoms with van der Waals surface area (Å²) in [6.07, 6.45) is -0.124. The number of aliphatic hydroxyl groups is 3. The maximum absolute atomic E-state index is 10.9. The average Bonchev–Trinajstić information content (AvgIpc) is 1.82. The maximum Gasteiger partial charge on any atom is 1.00 e. The first-order valence-corrected chi connectivity index (χ1v) is 27.1. The van der Waals surface area contributed by atoms with Crippen LogP contribution in [0.3, 0.4) is 0 Å². The van der Waals surface area contributed by atoms with E-state index in [1.54, 1.807) is 34.9 Å². The number of aliphatic hydroxyl groups excluding tert-OH is 3. The van der Waals surface area contributed by atoms with Crippen LogP contribution in [0.4, 0.5) is 0 Å². The number of carboxylic acids is 6. The first-order chi connectivity index (χ1) is 44.2. The summed E-state index contributed by atoms with van der Waals surface area (Å²) in [5.41, 5.74) is 1.74. The van der Waals surface area contributed by atoms with Gasteiger partial charge in [0.2, 0.25) is 0 Å². The van der Waals surface area contributed by atoms with E-state index in [-0.39, 0.29) is 340 Å². The van der Waals surface area contributed by atoms with Crippen LogP contribution in [0.1, 0.15) is 94.4 Å². The summed E-state index contributed by atoms with van der Waals surface area (Å²) in [7, 11) is 3.28. The Bertz CT molecular complexity index is 2550. The number of esters is 8. The van der Waals surface area contributed by atoms with E-state index in [0.29, 0.717) is 16.7 Å².